The van der Waals surface area contributed by atoms with Crippen LogP contribution in [0.15, 0.2) is 0 Å². The van der Waals surface area contributed by atoms with Crippen LogP contribution in [0.1, 0.15) is 108 Å². The second-order valence-corrected chi connectivity index (χ2v) is 10.6. The Morgan fingerprint density at radius 1 is 0.969 bits per heavy atom. The number of ketones is 1. The maximum atomic E-state index is 13.0. The summed E-state index contributed by atoms with van der Waals surface area (Å²) < 4.78 is 0. The van der Waals surface area contributed by atoms with E-state index < -0.39 is 29.2 Å². The lowest BCUT2D eigenvalue weighted by atomic mass is 9.68. The Hall–Kier alpha value is -1.43. The summed E-state index contributed by atoms with van der Waals surface area (Å²) in [5, 5.41) is 12.0. The van der Waals surface area contributed by atoms with Crippen molar-refractivity contribution in [3.8, 4) is 0 Å². The topological polar surface area (TPSA) is 95.5 Å². The summed E-state index contributed by atoms with van der Waals surface area (Å²) in [6.45, 7) is 21.8. The summed E-state index contributed by atoms with van der Waals surface area (Å²) in [6, 6.07) is -0.603. The first-order valence-electron chi connectivity index (χ1n) is 12.5. The molecule has 0 aliphatic heterocycles. The molecule has 2 amide bonds. The molecule has 0 spiro atoms. The number of hydroxylamine groups is 1. The van der Waals surface area contributed by atoms with Crippen molar-refractivity contribution in [3.05, 3.63) is 0 Å². The standard InChI is InChI=1S/C19H34N2O4.C5H12.C2H6/c1-11(2)10-14(15(18(24)21-25)13-8-7-9-13)17(23)20-16(12(3)22)19(4,5)6;1-4-5(2)3;1-2/h11,13-16,25H,7-10H2,1-6H3,(H,20,23)(H,21,24);5H,4H2,1-3H3;1-2H3/t14?,15-,16+;;/m0../s1. The maximum Gasteiger partial charge on any atom is 0.247 e. The van der Waals surface area contributed by atoms with Gasteiger partial charge in [-0.3, -0.25) is 19.6 Å². The molecule has 1 unspecified atom stereocenters. The van der Waals surface area contributed by atoms with Gasteiger partial charge in [0.2, 0.25) is 11.8 Å². The first kappa shape index (κ1) is 32.7. The van der Waals surface area contributed by atoms with E-state index in [1.165, 1.54) is 13.3 Å². The van der Waals surface area contributed by atoms with Gasteiger partial charge in [0.25, 0.3) is 0 Å². The molecular formula is C26H52N2O4. The van der Waals surface area contributed by atoms with Gasteiger partial charge in [-0.05, 0) is 49.4 Å². The molecular weight excluding hydrogens is 404 g/mol. The fraction of sp³-hybridized carbons (Fsp3) is 0.885. The first-order chi connectivity index (χ1) is 14.8. The number of carbonyl (C=O) groups excluding carboxylic acids is 3. The zero-order valence-corrected chi connectivity index (χ0v) is 22.7. The predicted molar refractivity (Wildman–Crippen MR) is 132 cm³/mol. The van der Waals surface area contributed by atoms with Crippen LogP contribution >= 0.6 is 0 Å². The van der Waals surface area contributed by atoms with Crippen LogP contribution in [0.2, 0.25) is 0 Å². The summed E-state index contributed by atoms with van der Waals surface area (Å²) in [4.78, 5) is 37.3. The third-order valence-electron chi connectivity index (χ3n) is 5.94. The molecule has 0 bridgehead atoms. The molecule has 1 saturated carbocycles. The molecule has 1 aliphatic rings. The maximum absolute atomic E-state index is 13.0. The Morgan fingerprint density at radius 3 is 1.69 bits per heavy atom. The third-order valence-corrected chi connectivity index (χ3v) is 5.94. The van der Waals surface area contributed by atoms with Crippen LogP contribution in [0.4, 0.5) is 0 Å². The van der Waals surface area contributed by atoms with Crippen molar-refractivity contribution in [1.82, 2.24) is 10.8 Å². The molecule has 6 nitrogen and oxygen atoms in total. The molecule has 1 fully saturated rings. The minimum absolute atomic E-state index is 0.101. The molecule has 0 saturated heterocycles. The summed E-state index contributed by atoms with van der Waals surface area (Å²) >= 11 is 0. The fourth-order valence-corrected chi connectivity index (χ4v) is 3.70. The van der Waals surface area contributed by atoms with Crippen molar-refractivity contribution in [2.24, 2.45) is 35.0 Å². The minimum Gasteiger partial charge on any atom is -0.346 e. The van der Waals surface area contributed by atoms with Crippen LogP contribution in [0.5, 0.6) is 0 Å². The monoisotopic (exact) mass is 456 g/mol. The number of hydrogen-bond acceptors (Lipinski definition) is 4. The van der Waals surface area contributed by atoms with Crippen LogP contribution in [-0.4, -0.2) is 28.8 Å². The van der Waals surface area contributed by atoms with E-state index >= 15 is 0 Å². The molecule has 3 N–H and O–H groups in total. The first-order valence-corrected chi connectivity index (χ1v) is 12.5. The van der Waals surface area contributed by atoms with E-state index in [2.05, 4.69) is 26.1 Å². The van der Waals surface area contributed by atoms with Gasteiger partial charge in [0.05, 0.1) is 17.9 Å². The molecule has 0 radical (unpaired) electrons. The van der Waals surface area contributed by atoms with Crippen molar-refractivity contribution >= 4 is 17.6 Å². The van der Waals surface area contributed by atoms with Crippen molar-refractivity contribution in [3.63, 3.8) is 0 Å². The summed E-state index contributed by atoms with van der Waals surface area (Å²) in [5.74, 6) is -0.784. The van der Waals surface area contributed by atoms with Gasteiger partial charge in [-0.2, -0.15) is 0 Å². The van der Waals surface area contributed by atoms with Gasteiger partial charge in [-0.25, -0.2) is 5.48 Å². The van der Waals surface area contributed by atoms with Gasteiger partial charge in [-0.1, -0.05) is 82.1 Å². The van der Waals surface area contributed by atoms with Gasteiger partial charge in [-0.15, -0.1) is 0 Å². The smallest absolute Gasteiger partial charge is 0.247 e. The Bertz CT molecular complexity index is 549. The van der Waals surface area contributed by atoms with Gasteiger partial charge in [0.15, 0.2) is 5.78 Å². The van der Waals surface area contributed by atoms with E-state index in [1.54, 1.807) is 5.48 Å². The summed E-state index contributed by atoms with van der Waals surface area (Å²) in [6.07, 6.45) is 4.65. The highest BCUT2D eigenvalue weighted by Gasteiger charge is 2.43. The Balaban J connectivity index is 0. The van der Waals surface area contributed by atoms with Gasteiger partial charge in [0, 0.05) is 0 Å². The summed E-state index contributed by atoms with van der Waals surface area (Å²) in [5.41, 5.74) is 1.34. The van der Waals surface area contributed by atoms with Gasteiger partial charge < -0.3 is 5.32 Å². The van der Waals surface area contributed by atoms with E-state index in [4.69, 9.17) is 5.21 Å². The molecule has 0 aromatic rings. The fourth-order valence-electron chi connectivity index (χ4n) is 3.70. The molecule has 0 heterocycles. The van der Waals surface area contributed by atoms with E-state index in [1.807, 2.05) is 48.5 Å². The second-order valence-electron chi connectivity index (χ2n) is 10.6. The SMILES string of the molecule is CC.CC(=O)[C@@H](NC(=O)C(CC(C)C)[C@@H](C(=O)NO)C1CCC1)C(C)(C)C.CCC(C)C. The summed E-state index contributed by atoms with van der Waals surface area (Å²) in [7, 11) is 0. The molecule has 0 aromatic heterocycles. The van der Waals surface area contributed by atoms with E-state index in [-0.39, 0.29) is 23.5 Å². The highest BCUT2D eigenvalue weighted by atomic mass is 16.5. The van der Waals surface area contributed by atoms with Crippen LogP contribution < -0.4 is 10.8 Å². The average molecular weight is 457 g/mol. The average Bonchev–Trinajstić information content (AvgIpc) is 2.66. The lowest BCUT2D eigenvalue weighted by Gasteiger charge is -2.38. The third kappa shape index (κ3) is 12.0. The molecule has 1 rings (SSSR count). The lowest BCUT2D eigenvalue weighted by Crippen LogP contribution is -2.53. The highest BCUT2D eigenvalue weighted by molar-refractivity contribution is 5.91. The highest BCUT2D eigenvalue weighted by Crippen LogP contribution is 2.40. The van der Waals surface area contributed by atoms with Crippen molar-refractivity contribution < 1.29 is 19.6 Å². The van der Waals surface area contributed by atoms with E-state index in [0.29, 0.717) is 6.42 Å². The Kier molecular flexibility index (Phi) is 16.6. The number of nitrogens with one attached hydrogen (secondary N) is 2. The molecule has 190 valence electrons. The molecule has 1 aliphatic carbocycles. The molecule has 3 atom stereocenters. The lowest BCUT2D eigenvalue weighted by molar-refractivity contribution is -0.145. The normalized spacial score (nSPS) is 16.4. The van der Waals surface area contributed by atoms with Crippen LogP contribution in [0.3, 0.4) is 0 Å². The van der Waals surface area contributed by atoms with Crippen molar-refractivity contribution in [1.29, 1.82) is 0 Å². The Morgan fingerprint density at radius 2 is 1.44 bits per heavy atom. The predicted octanol–water partition coefficient (Wildman–Crippen LogP) is 5.77. The number of Topliss-reactive ketones (excluding diaryl/α,β-unsaturated/α-hetero) is 1. The quantitative estimate of drug-likeness (QED) is 0.303. The van der Waals surface area contributed by atoms with Crippen LogP contribution in [0.25, 0.3) is 0 Å². The van der Waals surface area contributed by atoms with E-state index in [9.17, 15) is 14.4 Å². The van der Waals surface area contributed by atoms with Crippen molar-refractivity contribution in [2.45, 2.75) is 114 Å². The number of carbonyl (C=O) groups is 3. The molecule has 0 aromatic carbocycles. The number of hydrogen-bond donors (Lipinski definition) is 3. The van der Waals surface area contributed by atoms with Gasteiger partial charge in [0.1, 0.15) is 0 Å². The Labute approximate surface area is 197 Å². The molecule has 6 heteroatoms. The zero-order chi connectivity index (χ0) is 25.6. The second kappa shape index (κ2) is 16.2. The zero-order valence-electron chi connectivity index (χ0n) is 22.7. The van der Waals surface area contributed by atoms with E-state index in [0.717, 1.165) is 25.2 Å². The van der Waals surface area contributed by atoms with Crippen LogP contribution in [0, 0.1) is 35.0 Å². The molecule has 32 heavy (non-hydrogen) atoms. The number of rotatable bonds is 9. The number of amides is 2. The van der Waals surface area contributed by atoms with Gasteiger partial charge >= 0.3 is 0 Å². The minimum atomic E-state index is -0.603. The van der Waals surface area contributed by atoms with Crippen molar-refractivity contribution in [2.75, 3.05) is 0 Å². The largest absolute Gasteiger partial charge is 0.346 e. The van der Waals surface area contributed by atoms with Crippen LogP contribution in [-0.2, 0) is 14.4 Å².